The number of benzene rings is 1. The number of rotatable bonds is 5. The number of carbonyl (C=O) groups is 2. The second-order valence-corrected chi connectivity index (χ2v) is 8.49. The molecule has 0 radical (unpaired) electrons. The van der Waals surface area contributed by atoms with Crippen LogP contribution in [0.4, 0.5) is 0 Å². The highest BCUT2D eigenvalue weighted by Gasteiger charge is 2.25. The molecule has 1 aliphatic carbocycles. The highest BCUT2D eigenvalue weighted by Crippen LogP contribution is 2.43. The van der Waals surface area contributed by atoms with Crippen LogP contribution in [0.25, 0.3) is 10.1 Å². The largest absolute Gasteiger partial charge is 0.495 e. The maximum atomic E-state index is 12.4. The molecule has 3 rings (SSSR count). The molecule has 1 aliphatic rings. The summed E-state index contributed by atoms with van der Waals surface area (Å²) < 4.78 is 11.0. The molecule has 1 amide bonds. The number of methoxy groups -OCH3 is 1. The number of ether oxygens (including phenoxy) is 2. The molecule has 0 saturated heterocycles. The lowest BCUT2D eigenvalue weighted by atomic mass is 9.86. The van der Waals surface area contributed by atoms with Crippen LogP contribution in [0.3, 0.4) is 0 Å². The van der Waals surface area contributed by atoms with E-state index in [2.05, 4.69) is 12.2 Å². The number of carbonyl (C=O) groups excluding carboxylic acids is 2. The molecule has 0 aliphatic heterocycles. The van der Waals surface area contributed by atoms with E-state index in [9.17, 15) is 9.59 Å². The standard InChI is InChI=1S/C19H21Cl2NO4S/c1-10-5-3-4-6-12(10)22-14(23)9-26-19(24)18-15(20)11-7-8-13(25-2)16(21)17(11)27-18/h7-8,10,12H,3-6,9H2,1-2H3,(H,22,23). The summed E-state index contributed by atoms with van der Waals surface area (Å²) in [7, 11) is 1.52. The number of hydrogen-bond acceptors (Lipinski definition) is 5. The molecule has 1 fully saturated rings. The predicted molar refractivity (Wildman–Crippen MR) is 108 cm³/mol. The fourth-order valence-electron chi connectivity index (χ4n) is 3.34. The second-order valence-electron chi connectivity index (χ2n) is 6.72. The van der Waals surface area contributed by atoms with Gasteiger partial charge in [-0.2, -0.15) is 0 Å². The molecule has 1 saturated carbocycles. The molecule has 2 unspecified atom stereocenters. The molecule has 5 nitrogen and oxygen atoms in total. The third-order valence-corrected chi connectivity index (χ3v) is 7.09. The lowest BCUT2D eigenvalue weighted by molar-refractivity contribution is -0.125. The summed E-state index contributed by atoms with van der Waals surface area (Å²) in [6.45, 7) is 1.80. The van der Waals surface area contributed by atoms with Crippen molar-refractivity contribution >= 4 is 56.5 Å². The van der Waals surface area contributed by atoms with Gasteiger partial charge >= 0.3 is 5.97 Å². The number of fused-ring (bicyclic) bond motifs is 1. The van der Waals surface area contributed by atoms with E-state index in [0.29, 0.717) is 26.8 Å². The number of halogens is 2. The highest BCUT2D eigenvalue weighted by molar-refractivity contribution is 7.22. The van der Waals surface area contributed by atoms with Crippen LogP contribution in [0.2, 0.25) is 10.0 Å². The fourth-order valence-corrected chi connectivity index (χ4v) is 5.12. The Balaban J connectivity index is 1.66. The van der Waals surface area contributed by atoms with E-state index in [0.717, 1.165) is 30.6 Å². The Morgan fingerprint density at radius 3 is 2.67 bits per heavy atom. The van der Waals surface area contributed by atoms with Gasteiger partial charge in [0.05, 0.1) is 16.8 Å². The van der Waals surface area contributed by atoms with Crippen LogP contribution in [0, 0.1) is 5.92 Å². The van der Waals surface area contributed by atoms with Crippen molar-refractivity contribution in [2.45, 2.75) is 38.6 Å². The monoisotopic (exact) mass is 429 g/mol. The summed E-state index contributed by atoms with van der Waals surface area (Å²) in [5.41, 5.74) is 0. The van der Waals surface area contributed by atoms with E-state index < -0.39 is 5.97 Å². The molecular formula is C19H21Cl2NO4S. The summed E-state index contributed by atoms with van der Waals surface area (Å²) in [6, 6.07) is 3.58. The number of amides is 1. The van der Waals surface area contributed by atoms with Gasteiger partial charge in [0.2, 0.25) is 0 Å². The molecule has 8 heteroatoms. The molecule has 27 heavy (non-hydrogen) atoms. The third-order valence-electron chi connectivity index (χ3n) is 4.90. The van der Waals surface area contributed by atoms with Gasteiger partial charge in [0.1, 0.15) is 15.6 Å². The van der Waals surface area contributed by atoms with E-state index in [1.54, 1.807) is 12.1 Å². The minimum Gasteiger partial charge on any atom is -0.495 e. The summed E-state index contributed by atoms with van der Waals surface area (Å²) in [4.78, 5) is 24.8. The molecule has 1 aromatic heterocycles. The normalized spacial score (nSPS) is 19.7. The van der Waals surface area contributed by atoms with Crippen molar-refractivity contribution in [2.24, 2.45) is 5.92 Å². The molecular weight excluding hydrogens is 409 g/mol. The van der Waals surface area contributed by atoms with Crippen molar-refractivity contribution in [1.29, 1.82) is 0 Å². The molecule has 0 spiro atoms. The average molecular weight is 430 g/mol. The first kappa shape index (κ1) is 20.2. The van der Waals surface area contributed by atoms with E-state index in [-0.39, 0.29) is 28.5 Å². The Bertz CT molecular complexity index is 867. The van der Waals surface area contributed by atoms with Crippen LogP contribution in [0.15, 0.2) is 12.1 Å². The van der Waals surface area contributed by atoms with Crippen LogP contribution >= 0.6 is 34.5 Å². The maximum Gasteiger partial charge on any atom is 0.350 e. The van der Waals surface area contributed by atoms with E-state index >= 15 is 0 Å². The third kappa shape index (κ3) is 4.33. The van der Waals surface area contributed by atoms with Gasteiger partial charge in [0, 0.05) is 11.4 Å². The molecule has 0 bridgehead atoms. The Morgan fingerprint density at radius 2 is 1.96 bits per heavy atom. The van der Waals surface area contributed by atoms with Gasteiger partial charge in [0.25, 0.3) is 5.91 Å². The molecule has 1 heterocycles. The number of nitrogens with one attached hydrogen (secondary N) is 1. The van der Waals surface area contributed by atoms with Crippen molar-refractivity contribution in [2.75, 3.05) is 13.7 Å². The molecule has 2 atom stereocenters. The summed E-state index contributed by atoms with van der Waals surface area (Å²) >= 11 is 13.7. The van der Waals surface area contributed by atoms with Gasteiger partial charge in [-0.1, -0.05) is 43.0 Å². The number of esters is 1. The summed E-state index contributed by atoms with van der Waals surface area (Å²) in [6.07, 6.45) is 4.37. The summed E-state index contributed by atoms with van der Waals surface area (Å²) in [5.74, 6) is 0.0117. The fraction of sp³-hybridized carbons (Fsp3) is 0.474. The lowest BCUT2D eigenvalue weighted by Crippen LogP contribution is -2.42. The highest BCUT2D eigenvalue weighted by atomic mass is 35.5. The van der Waals surface area contributed by atoms with Gasteiger partial charge in [-0.05, 0) is 30.9 Å². The maximum absolute atomic E-state index is 12.4. The van der Waals surface area contributed by atoms with Crippen LogP contribution in [-0.4, -0.2) is 31.6 Å². The average Bonchev–Trinajstić information content (AvgIpc) is 3.00. The smallest absolute Gasteiger partial charge is 0.350 e. The number of thiophene rings is 1. The van der Waals surface area contributed by atoms with Crippen molar-refractivity contribution in [3.8, 4) is 5.75 Å². The van der Waals surface area contributed by atoms with Gasteiger partial charge in [-0.25, -0.2) is 4.79 Å². The molecule has 1 N–H and O–H groups in total. The second kappa shape index (κ2) is 8.67. The zero-order valence-electron chi connectivity index (χ0n) is 15.1. The van der Waals surface area contributed by atoms with Crippen LogP contribution < -0.4 is 10.1 Å². The van der Waals surface area contributed by atoms with Crippen LogP contribution in [0.5, 0.6) is 5.75 Å². The van der Waals surface area contributed by atoms with Crippen molar-refractivity contribution < 1.29 is 19.1 Å². The Hall–Kier alpha value is -1.50. The predicted octanol–water partition coefficient (Wildman–Crippen LogP) is 5.07. The zero-order valence-corrected chi connectivity index (χ0v) is 17.5. The van der Waals surface area contributed by atoms with Crippen molar-refractivity contribution in [3.05, 3.63) is 27.1 Å². The quantitative estimate of drug-likeness (QED) is 0.673. The van der Waals surface area contributed by atoms with Gasteiger partial charge < -0.3 is 14.8 Å². The van der Waals surface area contributed by atoms with E-state index in [1.807, 2.05) is 0 Å². The van der Waals surface area contributed by atoms with Crippen LogP contribution in [0.1, 0.15) is 42.3 Å². The van der Waals surface area contributed by atoms with Crippen LogP contribution in [-0.2, 0) is 9.53 Å². The zero-order chi connectivity index (χ0) is 19.6. The Kier molecular flexibility index (Phi) is 6.50. The minimum atomic E-state index is -0.636. The first-order chi connectivity index (χ1) is 12.9. The molecule has 1 aromatic carbocycles. The first-order valence-corrected chi connectivity index (χ1v) is 10.4. The van der Waals surface area contributed by atoms with Gasteiger partial charge in [-0.15, -0.1) is 11.3 Å². The van der Waals surface area contributed by atoms with Gasteiger partial charge in [0.15, 0.2) is 6.61 Å². The lowest BCUT2D eigenvalue weighted by Gasteiger charge is -2.29. The van der Waals surface area contributed by atoms with Crippen molar-refractivity contribution in [1.82, 2.24) is 5.32 Å². The molecule has 146 valence electrons. The van der Waals surface area contributed by atoms with E-state index in [4.69, 9.17) is 32.7 Å². The minimum absolute atomic E-state index is 0.143. The molecule has 2 aromatic rings. The van der Waals surface area contributed by atoms with E-state index in [1.165, 1.54) is 13.5 Å². The topological polar surface area (TPSA) is 64.6 Å². The van der Waals surface area contributed by atoms with Gasteiger partial charge in [-0.3, -0.25) is 4.79 Å². The van der Waals surface area contributed by atoms with Crippen molar-refractivity contribution in [3.63, 3.8) is 0 Å². The number of hydrogen-bond donors (Lipinski definition) is 1. The Labute approximate surface area is 171 Å². The summed E-state index contributed by atoms with van der Waals surface area (Å²) in [5, 5.41) is 4.27. The Morgan fingerprint density at radius 1 is 1.22 bits per heavy atom. The first-order valence-electron chi connectivity index (χ1n) is 8.83. The SMILES string of the molecule is COc1ccc2c(Cl)c(C(=O)OCC(=O)NC3CCCCC3C)sc2c1Cl.